The van der Waals surface area contributed by atoms with Crippen molar-refractivity contribution in [2.75, 3.05) is 0 Å². The van der Waals surface area contributed by atoms with Gasteiger partial charge in [-0.3, -0.25) is 10.1 Å². The zero-order valence-corrected chi connectivity index (χ0v) is 12.3. The number of halogens is 1. The molecule has 5 nitrogen and oxygen atoms in total. The minimum absolute atomic E-state index is 0.00265. The maximum absolute atomic E-state index is 10.7. The Labute approximate surface area is 128 Å². The monoisotopic (exact) mass is 344 g/mol. The SMILES string of the molecule is O=[N+]([O-])c1ccc2oc(/C=C/c3ccccc3Br)nc2c1. The van der Waals surface area contributed by atoms with E-state index in [0.717, 1.165) is 10.0 Å². The Kier molecular flexibility index (Phi) is 3.53. The van der Waals surface area contributed by atoms with E-state index < -0.39 is 4.92 Å². The number of aromatic nitrogens is 1. The van der Waals surface area contributed by atoms with Crippen LogP contribution in [-0.4, -0.2) is 9.91 Å². The average Bonchev–Trinajstić information content (AvgIpc) is 2.88. The van der Waals surface area contributed by atoms with Crippen molar-refractivity contribution in [2.45, 2.75) is 0 Å². The minimum Gasteiger partial charge on any atom is -0.437 e. The molecule has 6 heteroatoms. The zero-order valence-electron chi connectivity index (χ0n) is 10.7. The largest absolute Gasteiger partial charge is 0.437 e. The molecule has 0 aliphatic heterocycles. The van der Waals surface area contributed by atoms with Crippen molar-refractivity contribution in [1.29, 1.82) is 0 Å². The van der Waals surface area contributed by atoms with Gasteiger partial charge in [-0.25, -0.2) is 4.98 Å². The molecule has 3 rings (SSSR count). The number of hydrogen-bond acceptors (Lipinski definition) is 4. The second-order valence-corrected chi connectivity index (χ2v) is 5.17. The van der Waals surface area contributed by atoms with Gasteiger partial charge in [-0.15, -0.1) is 0 Å². The fourth-order valence-electron chi connectivity index (χ4n) is 1.89. The highest BCUT2D eigenvalue weighted by molar-refractivity contribution is 9.10. The molecule has 0 aliphatic carbocycles. The summed E-state index contributed by atoms with van der Waals surface area (Å²) in [4.78, 5) is 14.5. The van der Waals surface area contributed by atoms with Gasteiger partial charge < -0.3 is 4.42 Å². The molecule has 0 saturated carbocycles. The van der Waals surface area contributed by atoms with Gasteiger partial charge in [0.2, 0.25) is 5.89 Å². The Bertz CT molecular complexity index is 855. The molecule has 0 saturated heterocycles. The van der Waals surface area contributed by atoms with Crippen molar-refractivity contribution < 1.29 is 9.34 Å². The third-order valence-corrected chi connectivity index (χ3v) is 3.63. The summed E-state index contributed by atoms with van der Waals surface area (Å²) in [7, 11) is 0. The second-order valence-electron chi connectivity index (χ2n) is 4.32. The van der Waals surface area contributed by atoms with Gasteiger partial charge in [-0.1, -0.05) is 34.1 Å². The van der Waals surface area contributed by atoms with Crippen LogP contribution in [0.15, 0.2) is 51.4 Å². The summed E-state index contributed by atoms with van der Waals surface area (Å²) in [6, 6.07) is 12.1. The average molecular weight is 345 g/mol. The van der Waals surface area contributed by atoms with Crippen molar-refractivity contribution in [3.8, 4) is 0 Å². The number of hydrogen-bond donors (Lipinski definition) is 0. The third kappa shape index (κ3) is 2.85. The van der Waals surface area contributed by atoms with E-state index in [9.17, 15) is 10.1 Å². The molecule has 21 heavy (non-hydrogen) atoms. The van der Waals surface area contributed by atoms with E-state index in [1.54, 1.807) is 12.1 Å². The minimum atomic E-state index is -0.454. The van der Waals surface area contributed by atoms with Crippen molar-refractivity contribution in [3.05, 3.63) is 68.5 Å². The highest BCUT2D eigenvalue weighted by atomic mass is 79.9. The molecule has 0 bridgehead atoms. The molecular formula is C15H9BrN2O3. The van der Waals surface area contributed by atoms with E-state index >= 15 is 0 Å². The first-order chi connectivity index (χ1) is 10.1. The lowest BCUT2D eigenvalue weighted by molar-refractivity contribution is -0.384. The molecule has 0 spiro atoms. The van der Waals surface area contributed by atoms with Crippen LogP contribution in [0.2, 0.25) is 0 Å². The van der Waals surface area contributed by atoms with Crippen molar-refractivity contribution in [2.24, 2.45) is 0 Å². The lowest BCUT2D eigenvalue weighted by Crippen LogP contribution is -1.86. The Morgan fingerprint density at radius 2 is 2.00 bits per heavy atom. The molecule has 0 aliphatic rings. The van der Waals surface area contributed by atoms with E-state index in [1.807, 2.05) is 30.3 Å². The fourth-order valence-corrected chi connectivity index (χ4v) is 2.31. The summed E-state index contributed by atoms with van der Waals surface area (Å²) in [5.74, 6) is 0.404. The van der Waals surface area contributed by atoms with E-state index in [2.05, 4.69) is 20.9 Å². The number of nitro benzene ring substituents is 1. The molecule has 1 heterocycles. The molecule has 3 aromatic rings. The molecule has 104 valence electrons. The summed E-state index contributed by atoms with van der Waals surface area (Å²) in [6.45, 7) is 0. The van der Waals surface area contributed by atoms with E-state index in [0.29, 0.717) is 17.0 Å². The number of oxazole rings is 1. The van der Waals surface area contributed by atoms with Crippen LogP contribution in [0.3, 0.4) is 0 Å². The Balaban J connectivity index is 1.95. The van der Waals surface area contributed by atoms with Crippen molar-refractivity contribution >= 4 is 44.9 Å². The molecule has 1 aromatic heterocycles. The first kappa shape index (κ1) is 13.5. The van der Waals surface area contributed by atoms with Gasteiger partial charge in [-0.05, 0) is 23.8 Å². The summed E-state index contributed by atoms with van der Waals surface area (Å²) < 4.78 is 6.49. The third-order valence-electron chi connectivity index (χ3n) is 2.91. The Morgan fingerprint density at radius 1 is 1.19 bits per heavy atom. The molecule has 2 aromatic carbocycles. The van der Waals surface area contributed by atoms with Crippen LogP contribution in [0.4, 0.5) is 5.69 Å². The van der Waals surface area contributed by atoms with Gasteiger partial charge in [0.25, 0.3) is 5.69 Å². The molecule has 0 N–H and O–H groups in total. The van der Waals surface area contributed by atoms with Gasteiger partial charge in [0.15, 0.2) is 5.58 Å². The van der Waals surface area contributed by atoms with Crippen LogP contribution in [0.1, 0.15) is 11.5 Å². The highest BCUT2D eigenvalue weighted by Crippen LogP contribution is 2.23. The number of fused-ring (bicyclic) bond motifs is 1. The predicted octanol–water partition coefficient (Wildman–Crippen LogP) is 4.67. The Hall–Kier alpha value is -2.47. The lowest BCUT2D eigenvalue weighted by Gasteiger charge is -1.95. The molecule has 0 fully saturated rings. The molecule has 0 unspecified atom stereocenters. The molecular weight excluding hydrogens is 336 g/mol. The normalized spacial score (nSPS) is 11.3. The van der Waals surface area contributed by atoms with Gasteiger partial charge in [-0.2, -0.15) is 0 Å². The highest BCUT2D eigenvalue weighted by Gasteiger charge is 2.10. The van der Waals surface area contributed by atoms with Gasteiger partial charge >= 0.3 is 0 Å². The summed E-state index contributed by atoms with van der Waals surface area (Å²) in [6.07, 6.45) is 3.59. The van der Waals surface area contributed by atoms with Crippen molar-refractivity contribution in [1.82, 2.24) is 4.98 Å². The number of benzene rings is 2. The van der Waals surface area contributed by atoms with Gasteiger partial charge in [0, 0.05) is 22.7 Å². The zero-order chi connectivity index (χ0) is 14.8. The predicted molar refractivity (Wildman–Crippen MR) is 83.7 cm³/mol. The number of nitrogens with zero attached hydrogens (tertiary/aromatic N) is 2. The topological polar surface area (TPSA) is 69.2 Å². The van der Waals surface area contributed by atoms with E-state index in [1.165, 1.54) is 12.1 Å². The summed E-state index contributed by atoms with van der Waals surface area (Å²) in [5, 5.41) is 10.7. The van der Waals surface area contributed by atoms with Crippen LogP contribution in [0.5, 0.6) is 0 Å². The van der Waals surface area contributed by atoms with Gasteiger partial charge in [0.1, 0.15) is 5.52 Å². The van der Waals surface area contributed by atoms with Crippen LogP contribution < -0.4 is 0 Å². The van der Waals surface area contributed by atoms with Crippen molar-refractivity contribution in [3.63, 3.8) is 0 Å². The van der Waals surface area contributed by atoms with Crippen LogP contribution in [-0.2, 0) is 0 Å². The number of nitro groups is 1. The quantitative estimate of drug-likeness (QED) is 0.511. The first-order valence-electron chi connectivity index (χ1n) is 6.11. The fraction of sp³-hybridized carbons (Fsp3) is 0. The number of non-ortho nitro benzene ring substituents is 1. The first-order valence-corrected chi connectivity index (χ1v) is 6.90. The standard InChI is InChI=1S/C15H9BrN2O3/c16-12-4-2-1-3-10(12)5-8-15-17-13-9-11(18(19)20)6-7-14(13)21-15/h1-9H/b8-5+. The lowest BCUT2D eigenvalue weighted by atomic mass is 10.2. The molecule has 0 atom stereocenters. The van der Waals surface area contributed by atoms with E-state index in [4.69, 9.17) is 4.42 Å². The van der Waals surface area contributed by atoms with Crippen LogP contribution >= 0.6 is 15.9 Å². The smallest absolute Gasteiger partial charge is 0.271 e. The van der Waals surface area contributed by atoms with Crippen LogP contribution in [0, 0.1) is 10.1 Å². The Morgan fingerprint density at radius 3 is 2.76 bits per heavy atom. The maximum Gasteiger partial charge on any atom is 0.271 e. The summed E-state index contributed by atoms with van der Waals surface area (Å²) >= 11 is 3.45. The number of rotatable bonds is 3. The van der Waals surface area contributed by atoms with Gasteiger partial charge in [0.05, 0.1) is 4.92 Å². The van der Waals surface area contributed by atoms with Crippen LogP contribution in [0.25, 0.3) is 23.3 Å². The maximum atomic E-state index is 10.7. The summed E-state index contributed by atoms with van der Waals surface area (Å²) in [5.41, 5.74) is 1.98. The van der Waals surface area contributed by atoms with E-state index in [-0.39, 0.29) is 5.69 Å². The second kappa shape index (κ2) is 5.49. The molecule has 0 amide bonds. The molecule has 0 radical (unpaired) electrons.